The number of rotatable bonds is 13. The minimum atomic E-state index is -1.03. The molecule has 0 aliphatic rings. The van der Waals surface area contributed by atoms with E-state index in [-0.39, 0.29) is 13.2 Å². The molecule has 0 bridgehead atoms. The lowest BCUT2D eigenvalue weighted by Crippen LogP contribution is -2.50. The van der Waals surface area contributed by atoms with E-state index in [1.165, 1.54) is 7.11 Å². The van der Waals surface area contributed by atoms with Crippen molar-refractivity contribution in [1.82, 2.24) is 5.32 Å². The van der Waals surface area contributed by atoms with Gasteiger partial charge in [0.05, 0.1) is 25.9 Å². The normalized spacial score (nSPS) is 13.3. The molecule has 0 saturated heterocycles. The number of aliphatic hydroxyl groups excluding tert-OH is 1. The molecule has 42 heavy (non-hydrogen) atoms. The van der Waals surface area contributed by atoms with Crippen LogP contribution < -0.4 is 5.32 Å². The average molecular weight is 576 g/mol. The van der Waals surface area contributed by atoms with E-state index in [2.05, 4.69) is 10.1 Å². The number of benzene rings is 3. The zero-order valence-electron chi connectivity index (χ0n) is 24.7. The van der Waals surface area contributed by atoms with Crippen molar-refractivity contribution in [2.75, 3.05) is 20.3 Å². The maximum atomic E-state index is 12.8. The van der Waals surface area contributed by atoms with Crippen LogP contribution >= 0.6 is 0 Å². The standard InChI is InChI=1S/C34H41NO7/c1-33(2,3)42-31(37)35-29(30(36)23-15-8-16-24-40-32(38)39-4)25-41-34(26-17-9-5-10-18-26,27-19-11-6-12-20-27)28-21-13-7-14-22-28/h5-14,16-22,29-30,36H,15,23-25H2,1-4H3,(H,35,37)/b16-8-/t29-,30+/m1/s1. The second kappa shape index (κ2) is 15.7. The topological polar surface area (TPSA) is 103 Å². The molecule has 3 aromatic rings. The van der Waals surface area contributed by atoms with Gasteiger partial charge in [-0.3, -0.25) is 0 Å². The predicted octanol–water partition coefficient (Wildman–Crippen LogP) is 6.37. The Labute approximate surface area is 248 Å². The molecule has 2 atom stereocenters. The van der Waals surface area contributed by atoms with Crippen LogP contribution in [0.2, 0.25) is 0 Å². The van der Waals surface area contributed by atoms with Crippen molar-refractivity contribution in [2.24, 2.45) is 0 Å². The van der Waals surface area contributed by atoms with Crippen LogP contribution in [0.5, 0.6) is 0 Å². The van der Waals surface area contributed by atoms with Gasteiger partial charge in [-0.1, -0.05) is 103 Å². The van der Waals surface area contributed by atoms with E-state index < -0.39 is 35.6 Å². The summed E-state index contributed by atoms with van der Waals surface area (Å²) in [5.74, 6) is 0. The van der Waals surface area contributed by atoms with Gasteiger partial charge in [-0.25, -0.2) is 9.59 Å². The maximum Gasteiger partial charge on any atom is 0.508 e. The van der Waals surface area contributed by atoms with Gasteiger partial charge >= 0.3 is 12.2 Å². The lowest BCUT2D eigenvalue weighted by molar-refractivity contribution is -0.0283. The first kappa shape index (κ1) is 32.4. The van der Waals surface area contributed by atoms with Crippen molar-refractivity contribution in [3.8, 4) is 0 Å². The third-order valence-corrected chi connectivity index (χ3v) is 6.45. The van der Waals surface area contributed by atoms with Crippen LogP contribution in [0.3, 0.4) is 0 Å². The first-order valence-corrected chi connectivity index (χ1v) is 14.0. The number of hydrogen-bond acceptors (Lipinski definition) is 7. The molecule has 0 aromatic heterocycles. The molecule has 8 heteroatoms. The number of allylic oxidation sites excluding steroid dienone is 1. The predicted molar refractivity (Wildman–Crippen MR) is 161 cm³/mol. The molecule has 2 N–H and O–H groups in total. The smallest absolute Gasteiger partial charge is 0.444 e. The number of alkyl carbamates (subject to hydrolysis) is 1. The quantitative estimate of drug-likeness (QED) is 0.139. The molecule has 8 nitrogen and oxygen atoms in total. The Kier molecular flexibility index (Phi) is 12.1. The summed E-state index contributed by atoms with van der Waals surface area (Å²) in [5.41, 5.74) is 0.969. The highest BCUT2D eigenvalue weighted by Crippen LogP contribution is 2.40. The Morgan fingerprint density at radius 3 is 1.79 bits per heavy atom. The van der Waals surface area contributed by atoms with E-state index in [1.807, 2.05) is 91.0 Å². The Balaban J connectivity index is 1.91. The van der Waals surface area contributed by atoms with Gasteiger partial charge in [-0.05, 0) is 50.3 Å². The molecule has 0 unspecified atom stereocenters. The van der Waals surface area contributed by atoms with Crippen molar-refractivity contribution in [3.63, 3.8) is 0 Å². The summed E-state index contributed by atoms with van der Waals surface area (Å²) in [5, 5.41) is 14.1. The van der Waals surface area contributed by atoms with Crippen LogP contribution in [0.4, 0.5) is 9.59 Å². The van der Waals surface area contributed by atoms with Gasteiger partial charge in [-0.15, -0.1) is 0 Å². The maximum absolute atomic E-state index is 12.8. The highest BCUT2D eigenvalue weighted by Gasteiger charge is 2.39. The van der Waals surface area contributed by atoms with Gasteiger partial charge in [-0.2, -0.15) is 0 Å². The van der Waals surface area contributed by atoms with E-state index in [4.69, 9.17) is 14.2 Å². The molecule has 0 saturated carbocycles. The summed E-state index contributed by atoms with van der Waals surface area (Å²) in [6.07, 6.45) is 1.86. The molecular weight excluding hydrogens is 534 g/mol. The summed E-state index contributed by atoms with van der Waals surface area (Å²) in [4.78, 5) is 24.0. The molecule has 0 aliphatic heterocycles. The molecule has 0 heterocycles. The van der Waals surface area contributed by atoms with E-state index in [0.29, 0.717) is 12.8 Å². The first-order valence-electron chi connectivity index (χ1n) is 14.0. The second-order valence-electron chi connectivity index (χ2n) is 10.7. The average Bonchev–Trinajstić information content (AvgIpc) is 2.99. The molecule has 0 spiro atoms. The zero-order chi connectivity index (χ0) is 30.4. The fraction of sp³-hybridized carbons (Fsp3) is 0.353. The van der Waals surface area contributed by atoms with Crippen molar-refractivity contribution < 1.29 is 33.6 Å². The van der Waals surface area contributed by atoms with Crippen LogP contribution in [-0.2, 0) is 24.5 Å². The number of aliphatic hydroxyl groups is 1. The minimum Gasteiger partial charge on any atom is -0.444 e. The number of hydrogen-bond donors (Lipinski definition) is 2. The number of methoxy groups -OCH3 is 1. The number of carbonyl (C=O) groups is 2. The van der Waals surface area contributed by atoms with Crippen LogP contribution in [0.15, 0.2) is 103 Å². The Hall–Kier alpha value is -4.14. The number of ether oxygens (including phenoxy) is 4. The molecule has 0 aliphatic carbocycles. The summed E-state index contributed by atoms with van der Waals surface area (Å²) >= 11 is 0. The molecule has 224 valence electrons. The van der Waals surface area contributed by atoms with Gasteiger partial charge in [0.15, 0.2) is 0 Å². The van der Waals surface area contributed by atoms with Crippen molar-refractivity contribution in [2.45, 2.75) is 57.0 Å². The molecule has 1 amide bonds. The van der Waals surface area contributed by atoms with E-state index in [0.717, 1.165) is 16.7 Å². The van der Waals surface area contributed by atoms with Gasteiger partial charge in [0.25, 0.3) is 0 Å². The molecule has 3 rings (SSSR count). The van der Waals surface area contributed by atoms with Crippen LogP contribution in [0.25, 0.3) is 0 Å². The Morgan fingerprint density at radius 2 is 1.33 bits per heavy atom. The first-order chi connectivity index (χ1) is 20.2. The minimum absolute atomic E-state index is 0.0196. The fourth-order valence-electron chi connectivity index (χ4n) is 4.52. The summed E-state index contributed by atoms with van der Waals surface area (Å²) in [7, 11) is 1.24. The Morgan fingerprint density at radius 1 is 0.833 bits per heavy atom. The van der Waals surface area contributed by atoms with E-state index in [1.54, 1.807) is 32.9 Å². The number of amides is 1. The lowest BCUT2D eigenvalue weighted by Gasteiger charge is -2.38. The summed E-state index contributed by atoms with van der Waals surface area (Å²) in [6.45, 7) is 5.37. The molecular formula is C34H41NO7. The highest BCUT2D eigenvalue weighted by molar-refractivity contribution is 5.68. The van der Waals surface area contributed by atoms with Crippen molar-refractivity contribution >= 4 is 12.2 Å². The zero-order valence-corrected chi connectivity index (χ0v) is 24.7. The Bertz CT molecular complexity index is 1160. The lowest BCUT2D eigenvalue weighted by atomic mass is 9.80. The van der Waals surface area contributed by atoms with Crippen molar-refractivity contribution in [3.05, 3.63) is 120 Å². The third kappa shape index (κ3) is 9.46. The van der Waals surface area contributed by atoms with Crippen LogP contribution in [-0.4, -0.2) is 55.4 Å². The molecule has 0 fully saturated rings. The highest BCUT2D eigenvalue weighted by atomic mass is 16.7. The number of carbonyl (C=O) groups excluding carboxylic acids is 2. The van der Waals surface area contributed by atoms with Gasteiger partial charge in [0.2, 0.25) is 0 Å². The molecule has 3 aromatic carbocycles. The summed E-state index contributed by atoms with van der Waals surface area (Å²) < 4.78 is 21.7. The van der Waals surface area contributed by atoms with Crippen molar-refractivity contribution in [1.29, 1.82) is 0 Å². The van der Waals surface area contributed by atoms with Crippen LogP contribution in [0.1, 0.15) is 50.3 Å². The second-order valence-corrected chi connectivity index (χ2v) is 10.7. The number of nitrogens with one attached hydrogen (secondary N) is 1. The molecule has 0 radical (unpaired) electrons. The van der Waals surface area contributed by atoms with Gasteiger partial charge < -0.3 is 29.4 Å². The largest absolute Gasteiger partial charge is 0.508 e. The SMILES string of the molecule is COC(=O)OC/C=C\CC[C@H](O)[C@@H](COC(c1ccccc1)(c1ccccc1)c1ccccc1)NC(=O)OC(C)(C)C. The third-order valence-electron chi connectivity index (χ3n) is 6.45. The monoisotopic (exact) mass is 575 g/mol. The van der Waals surface area contributed by atoms with Crippen LogP contribution in [0, 0.1) is 0 Å². The summed E-state index contributed by atoms with van der Waals surface area (Å²) in [6, 6.07) is 28.9. The van der Waals surface area contributed by atoms with E-state index >= 15 is 0 Å². The fourth-order valence-corrected chi connectivity index (χ4v) is 4.52. The van der Waals surface area contributed by atoms with E-state index in [9.17, 15) is 14.7 Å². The van der Waals surface area contributed by atoms with Gasteiger partial charge in [0.1, 0.15) is 17.8 Å². The van der Waals surface area contributed by atoms with Gasteiger partial charge in [0, 0.05) is 0 Å².